The molecular weight excluding hydrogens is 232 g/mol. The van der Waals surface area contributed by atoms with Crippen molar-refractivity contribution in [1.29, 1.82) is 0 Å². The highest BCUT2D eigenvalue weighted by Crippen LogP contribution is 2.16. The van der Waals surface area contributed by atoms with Gasteiger partial charge in [-0.1, -0.05) is 11.8 Å². The topological polar surface area (TPSA) is 46.3 Å². The molecule has 0 radical (unpaired) electrons. The van der Waals surface area contributed by atoms with Gasteiger partial charge >= 0.3 is 0 Å². The van der Waals surface area contributed by atoms with E-state index in [-0.39, 0.29) is 11.9 Å². The van der Waals surface area contributed by atoms with Crippen LogP contribution in [-0.4, -0.2) is 29.9 Å². The molecule has 0 aliphatic heterocycles. The normalized spacial score (nSPS) is 9.94. The molecular formula is C13H18N2OS. The van der Waals surface area contributed by atoms with Crippen LogP contribution in [0, 0.1) is 11.8 Å². The molecule has 1 rings (SSSR count). The Kier molecular flexibility index (Phi) is 5.20. The van der Waals surface area contributed by atoms with Crippen LogP contribution in [0.1, 0.15) is 36.0 Å². The second-order valence-corrected chi connectivity index (χ2v) is 4.80. The van der Waals surface area contributed by atoms with E-state index in [9.17, 15) is 4.79 Å². The molecule has 0 spiro atoms. The molecule has 0 atom stereocenters. The molecule has 3 nitrogen and oxygen atoms in total. The molecule has 0 bridgehead atoms. The van der Waals surface area contributed by atoms with Crippen LogP contribution in [0.25, 0.3) is 0 Å². The Bertz CT molecular complexity index is 440. The third-order valence-electron chi connectivity index (χ3n) is 2.38. The number of nitrogens with zero attached hydrogens (tertiary/aromatic N) is 1. The van der Waals surface area contributed by atoms with Crippen molar-refractivity contribution >= 4 is 17.2 Å². The molecule has 17 heavy (non-hydrogen) atoms. The average molecular weight is 250 g/mol. The monoisotopic (exact) mass is 250 g/mol. The maximum absolute atomic E-state index is 12.2. The Morgan fingerprint density at radius 3 is 2.82 bits per heavy atom. The van der Waals surface area contributed by atoms with Crippen molar-refractivity contribution in [2.24, 2.45) is 5.73 Å². The minimum Gasteiger partial charge on any atom is -0.336 e. The molecule has 1 amide bonds. The molecule has 0 unspecified atom stereocenters. The van der Waals surface area contributed by atoms with E-state index in [4.69, 9.17) is 5.73 Å². The lowest BCUT2D eigenvalue weighted by Gasteiger charge is -2.24. The summed E-state index contributed by atoms with van der Waals surface area (Å²) in [7, 11) is 0. The number of hydrogen-bond acceptors (Lipinski definition) is 3. The molecule has 0 saturated heterocycles. The van der Waals surface area contributed by atoms with Crippen molar-refractivity contribution in [3.05, 3.63) is 21.9 Å². The predicted molar refractivity (Wildman–Crippen MR) is 72.1 cm³/mol. The van der Waals surface area contributed by atoms with Crippen molar-refractivity contribution < 1.29 is 4.79 Å². The molecule has 92 valence electrons. The Hall–Kier alpha value is -1.31. The average Bonchev–Trinajstić information content (AvgIpc) is 2.75. The number of nitrogens with two attached hydrogens (primary N) is 1. The molecule has 2 N–H and O–H groups in total. The lowest BCUT2D eigenvalue weighted by Crippen LogP contribution is -2.36. The van der Waals surface area contributed by atoms with Gasteiger partial charge in [-0.3, -0.25) is 4.79 Å². The molecule has 1 aromatic rings. The van der Waals surface area contributed by atoms with Gasteiger partial charge in [-0.25, -0.2) is 0 Å². The quantitative estimate of drug-likeness (QED) is 0.833. The van der Waals surface area contributed by atoms with E-state index < -0.39 is 0 Å². The minimum atomic E-state index is 0.0690. The summed E-state index contributed by atoms with van der Waals surface area (Å²) >= 11 is 1.48. The van der Waals surface area contributed by atoms with Crippen LogP contribution < -0.4 is 5.73 Å². The van der Waals surface area contributed by atoms with Gasteiger partial charge in [-0.2, -0.15) is 0 Å². The van der Waals surface area contributed by atoms with Crippen LogP contribution in [0.3, 0.4) is 0 Å². The van der Waals surface area contributed by atoms with E-state index in [1.54, 1.807) is 0 Å². The molecule has 0 aliphatic carbocycles. The van der Waals surface area contributed by atoms with Crippen LogP contribution in [0.5, 0.6) is 0 Å². The number of hydrogen-bond donors (Lipinski definition) is 1. The number of thiophene rings is 1. The van der Waals surface area contributed by atoms with Crippen molar-refractivity contribution in [2.45, 2.75) is 26.8 Å². The van der Waals surface area contributed by atoms with E-state index in [1.165, 1.54) is 11.3 Å². The Morgan fingerprint density at radius 1 is 1.59 bits per heavy atom. The zero-order valence-electron chi connectivity index (χ0n) is 10.5. The fraction of sp³-hybridized carbons (Fsp3) is 0.462. The van der Waals surface area contributed by atoms with Gasteiger partial charge in [-0.15, -0.1) is 11.3 Å². The predicted octanol–water partition coefficient (Wildman–Crippen LogP) is 1.93. The maximum Gasteiger partial charge on any atom is 0.254 e. The zero-order chi connectivity index (χ0) is 12.8. The molecule has 0 fully saturated rings. The fourth-order valence-corrected chi connectivity index (χ4v) is 2.31. The summed E-state index contributed by atoms with van der Waals surface area (Å²) in [6, 6.07) is 2.05. The maximum atomic E-state index is 12.2. The van der Waals surface area contributed by atoms with Crippen LogP contribution in [0.15, 0.2) is 11.4 Å². The first-order valence-electron chi connectivity index (χ1n) is 5.68. The van der Waals surface area contributed by atoms with Gasteiger partial charge in [-0.05, 0) is 26.8 Å². The van der Waals surface area contributed by atoms with Crippen molar-refractivity contribution in [2.75, 3.05) is 13.1 Å². The summed E-state index contributed by atoms with van der Waals surface area (Å²) in [6.07, 6.45) is 0. The summed E-state index contributed by atoms with van der Waals surface area (Å²) in [4.78, 5) is 14.9. The van der Waals surface area contributed by atoms with E-state index in [0.29, 0.717) is 12.1 Å². The standard InChI is InChI=1S/C13H18N2OS/c1-4-15(10(2)3)13(16)11-8-12(17-9-11)6-5-7-14/h8-10H,4,7,14H2,1-3H3. The van der Waals surface area contributed by atoms with Gasteiger partial charge in [0.2, 0.25) is 0 Å². The van der Waals surface area contributed by atoms with Gasteiger partial charge in [0, 0.05) is 18.0 Å². The van der Waals surface area contributed by atoms with Gasteiger partial charge in [0.15, 0.2) is 0 Å². The van der Waals surface area contributed by atoms with E-state index in [2.05, 4.69) is 11.8 Å². The van der Waals surface area contributed by atoms with Crippen LogP contribution in [0.2, 0.25) is 0 Å². The highest BCUT2D eigenvalue weighted by Gasteiger charge is 2.17. The Balaban J connectivity index is 2.86. The Morgan fingerprint density at radius 2 is 2.29 bits per heavy atom. The number of amides is 1. The highest BCUT2D eigenvalue weighted by atomic mass is 32.1. The largest absolute Gasteiger partial charge is 0.336 e. The molecule has 1 heterocycles. The SMILES string of the molecule is CCN(C(=O)c1csc(C#CCN)c1)C(C)C. The second-order valence-electron chi connectivity index (χ2n) is 3.89. The van der Waals surface area contributed by atoms with E-state index in [0.717, 1.165) is 11.4 Å². The number of carbonyl (C=O) groups is 1. The summed E-state index contributed by atoms with van der Waals surface area (Å²) in [5, 5.41) is 1.86. The first-order valence-corrected chi connectivity index (χ1v) is 6.56. The van der Waals surface area contributed by atoms with Gasteiger partial charge < -0.3 is 10.6 Å². The molecule has 0 aliphatic rings. The molecule has 0 saturated carbocycles. The second kappa shape index (κ2) is 6.43. The van der Waals surface area contributed by atoms with Crippen LogP contribution in [0.4, 0.5) is 0 Å². The smallest absolute Gasteiger partial charge is 0.254 e. The zero-order valence-corrected chi connectivity index (χ0v) is 11.3. The van der Waals surface area contributed by atoms with E-state index >= 15 is 0 Å². The van der Waals surface area contributed by atoms with Crippen molar-refractivity contribution in [3.63, 3.8) is 0 Å². The lowest BCUT2D eigenvalue weighted by atomic mass is 10.2. The van der Waals surface area contributed by atoms with E-state index in [1.807, 2.05) is 37.1 Å². The third-order valence-corrected chi connectivity index (χ3v) is 3.23. The fourth-order valence-electron chi connectivity index (χ4n) is 1.56. The summed E-state index contributed by atoms with van der Waals surface area (Å²) in [5.41, 5.74) is 6.02. The number of carbonyl (C=O) groups excluding carboxylic acids is 1. The lowest BCUT2D eigenvalue weighted by molar-refractivity contribution is 0.0717. The molecule has 0 aromatic carbocycles. The highest BCUT2D eigenvalue weighted by molar-refractivity contribution is 7.10. The van der Waals surface area contributed by atoms with Gasteiger partial charge in [0.25, 0.3) is 5.91 Å². The minimum absolute atomic E-state index is 0.0690. The first kappa shape index (κ1) is 13.8. The first-order chi connectivity index (χ1) is 8.10. The van der Waals surface area contributed by atoms with Gasteiger partial charge in [0.1, 0.15) is 0 Å². The Labute approximate surface area is 107 Å². The van der Waals surface area contributed by atoms with Crippen LogP contribution in [-0.2, 0) is 0 Å². The van der Waals surface area contributed by atoms with Crippen LogP contribution >= 0.6 is 11.3 Å². The number of rotatable bonds is 3. The summed E-state index contributed by atoms with van der Waals surface area (Å²) in [5.74, 6) is 5.79. The summed E-state index contributed by atoms with van der Waals surface area (Å²) < 4.78 is 0. The molecule has 1 aromatic heterocycles. The van der Waals surface area contributed by atoms with Crippen molar-refractivity contribution in [1.82, 2.24) is 4.90 Å². The van der Waals surface area contributed by atoms with Crippen molar-refractivity contribution in [3.8, 4) is 11.8 Å². The third kappa shape index (κ3) is 3.58. The van der Waals surface area contributed by atoms with Gasteiger partial charge in [0.05, 0.1) is 17.0 Å². The summed E-state index contributed by atoms with van der Waals surface area (Å²) in [6.45, 7) is 7.08. The molecule has 4 heteroatoms.